The molecule has 0 bridgehead atoms. The van der Waals surface area contributed by atoms with Gasteiger partial charge in [0.15, 0.2) is 0 Å². The summed E-state index contributed by atoms with van der Waals surface area (Å²) < 4.78 is 13.2. The quantitative estimate of drug-likeness (QED) is 0.720. The average molecular weight is 482 g/mol. The molecule has 0 aliphatic carbocycles. The van der Waals surface area contributed by atoms with Crippen LogP contribution >= 0.6 is 35.0 Å². The molecule has 1 fully saturated rings. The van der Waals surface area contributed by atoms with E-state index in [1.54, 1.807) is 21.9 Å². The molecule has 0 aromatic heterocycles. The molecule has 2 aromatic rings. The van der Waals surface area contributed by atoms with Crippen LogP contribution in [0.5, 0.6) is 0 Å². The highest BCUT2D eigenvalue weighted by atomic mass is 35.5. The number of thioether (sulfide) groups is 1. The number of nitrogens with zero attached hydrogens (tertiary/aromatic N) is 2. The number of amides is 3. The molecule has 2 aliphatic rings. The predicted molar refractivity (Wildman–Crippen MR) is 118 cm³/mol. The Hall–Kier alpha value is -2.29. The average Bonchev–Trinajstić information content (AvgIpc) is 2.74. The van der Waals surface area contributed by atoms with Crippen LogP contribution < -0.4 is 5.32 Å². The van der Waals surface area contributed by atoms with E-state index in [2.05, 4.69) is 5.32 Å². The zero-order valence-electron chi connectivity index (χ0n) is 16.2. The maximum atomic E-state index is 13.2. The third-order valence-electron chi connectivity index (χ3n) is 5.20. The van der Waals surface area contributed by atoms with Crippen molar-refractivity contribution in [1.82, 2.24) is 9.80 Å². The number of fused-ring (bicyclic) bond motifs is 1. The van der Waals surface area contributed by atoms with Crippen LogP contribution in [0.25, 0.3) is 0 Å². The van der Waals surface area contributed by atoms with E-state index < -0.39 is 11.1 Å². The Balaban J connectivity index is 1.34. The predicted octanol–water partition coefficient (Wildman–Crippen LogP) is 3.92. The largest absolute Gasteiger partial charge is 0.339 e. The smallest absolute Gasteiger partial charge is 0.255 e. The van der Waals surface area contributed by atoms with Gasteiger partial charge in [-0.3, -0.25) is 14.4 Å². The summed E-state index contributed by atoms with van der Waals surface area (Å²) in [5.41, 5.74) is 0.884. The van der Waals surface area contributed by atoms with Crippen molar-refractivity contribution < 1.29 is 18.8 Å². The Morgan fingerprint density at radius 1 is 1.06 bits per heavy atom. The minimum Gasteiger partial charge on any atom is -0.339 e. The number of carbonyl (C=O) groups is 3. The molecule has 162 valence electrons. The van der Waals surface area contributed by atoms with E-state index in [4.69, 9.17) is 23.2 Å². The first kappa shape index (κ1) is 21.9. The first-order valence-corrected chi connectivity index (χ1v) is 11.2. The number of piperazine rings is 1. The molecule has 3 amide bonds. The second kappa shape index (κ2) is 9.06. The third-order valence-corrected chi connectivity index (χ3v) is 7.03. The molecule has 1 unspecified atom stereocenters. The van der Waals surface area contributed by atoms with E-state index in [0.29, 0.717) is 36.9 Å². The van der Waals surface area contributed by atoms with Crippen LogP contribution in [0.15, 0.2) is 41.3 Å². The summed E-state index contributed by atoms with van der Waals surface area (Å²) in [6, 6.07) is 8.91. The first-order chi connectivity index (χ1) is 14.8. The lowest BCUT2D eigenvalue weighted by Crippen LogP contribution is -2.51. The third kappa shape index (κ3) is 4.81. The Bertz CT molecular complexity index is 1060. The summed E-state index contributed by atoms with van der Waals surface area (Å²) in [4.78, 5) is 41.9. The van der Waals surface area contributed by atoms with Gasteiger partial charge in [0.1, 0.15) is 5.82 Å². The lowest BCUT2D eigenvalue weighted by atomic mass is 10.1. The highest BCUT2D eigenvalue weighted by Gasteiger charge is 2.32. The second-order valence-electron chi connectivity index (χ2n) is 7.24. The lowest BCUT2D eigenvalue weighted by Gasteiger charge is -2.35. The summed E-state index contributed by atoms with van der Waals surface area (Å²) in [6.45, 7) is 1.39. The van der Waals surface area contributed by atoms with Crippen molar-refractivity contribution in [3.63, 3.8) is 0 Å². The second-order valence-corrected chi connectivity index (χ2v) is 9.33. The van der Waals surface area contributed by atoms with Crippen LogP contribution in [0.2, 0.25) is 10.0 Å². The number of carbonyl (C=O) groups excluding carboxylic acids is 3. The minimum absolute atomic E-state index is 0.0606. The fourth-order valence-electron chi connectivity index (χ4n) is 3.54. The first-order valence-electron chi connectivity index (χ1n) is 9.61. The molecule has 31 heavy (non-hydrogen) atoms. The van der Waals surface area contributed by atoms with Gasteiger partial charge in [-0.2, -0.15) is 0 Å². The van der Waals surface area contributed by atoms with E-state index in [1.807, 2.05) is 6.07 Å². The molecule has 1 saturated heterocycles. The maximum Gasteiger partial charge on any atom is 0.255 e. The zero-order chi connectivity index (χ0) is 22.1. The van der Waals surface area contributed by atoms with Crippen LogP contribution in [-0.4, -0.2) is 59.0 Å². The fourth-order valence-corrected chi connectivity index (χ4v) is 5.04. The van der Waals surface area contributed by atoms with E-state index in [9.17, 15) is 18.8 Å². The van der Waals surface area contributed by atoms with Gasteiger partial charge in [0.2, 0.25) is 11.8 Å². The normalized spacial score (nSPS) is 18.4. The van der Waals surface area contributed by atoms with Crippen molar-refractivity contribution in [2.24, 2.45) is 0 Å². The van der Waals surface area contributed by atoms with Gasteiger partial charge in [0.05, 0.1) is 21.5 Å². The Kier molecular flexibility index (Phi) is 6.41. The molecule has 0 spiro atoms. The number of hydrogen-bond donors (Lipinski definition) is 1. The van der Waals surface area contributed by atoms with Crippen LogP contribution in [0.3, 0.4) is 0 Å². The van der Waals surface area contributed by atoms with Crippen LogP contribution in [-0.2, 0) is 9.59 Å². The van der Waals surface area contributed by atoms with Crippen LogP contribution in [0.4, 0.5) is 10.1 Å². The van der Waals surface area contributed by atoms with E-state index in [1.165, 1.54) is 23.9 Å². The topological polar surface area (TPSA) is 69.7 Å². The number of halogens is 3. The molecule has 2 aliphatic heterocycles. The lowest BCUT2D eigenvalue weighted by molar-refractivity contribution is -0.134. The van der Waals surface area contributed by atoms with Gasteiger partial charge in [-0.15, -0.1) is 11.8 Å². The van der Waals surface area contributed by atoms with E-state index in [0.717, 1.165) is 11.0 Å². The molecular formula is C21H18Cl2FN3O3S. The summed E-state index contributed by atoms with van der Waals surface area (Å²) >= 11 is 13.3. The molecular weight excluding hydrogens is 464 g/mol. The monoisotopic (exact) mass is 481 g/mol. The molecule has 0 radical (unpaired) electrons. The molecule has 4 rings (SSSR count). The molecule has 1 N–H and O–H groups in total. The van der Waals surface area contributed by atoms with Crippen molar-refractivity contribution >= 4 is 58.4 Å². The van der Waals surface area contributed by atoms with Crippen LogP contribution in [0.1, 0.15) is 16.8 Å². The summed E-state index contributed by atoms with van der Waals surface area (Å²) in [5.74, 6) is -1.17. The van der Waals surface area contributed by atoms with Gasteiger partial charge in [-0.25, -0.2) is 4.39 Å². The molecule has 2 aromatic carbocycles. The number of rotatable bonds is 3. The molecule has 1 atom stereocenters. The highest BCUT2D eigenvalue weighted by molar-refractivity contribution is 8.01. The van der Waals surface area contributed by atoms with Gasteiger partial charge in [-0.1, -0.05) is 23.2 Å². The number of benzene rings is 2. The van der Waals surface area contributed by atoms with Gasteiger partial charge < -0.3 is 15.1 Å². The van der Waals surface area contributed by atoms with Gasteiger partial charge in [0.25, 0.3) is 5.91 Å². The van der Waals surface area contributed by atoms with Gasteiger partial charge in [-0.05, 0) is 36.4 Å². The van der Waals surface area contributed by atoms with Crippen molar-refractivity contribution in [2.45, 2.75) is 16.6 Å². The Labute approximate surface area is 192 Å². The molecule has 6 nitrogen and oxygen atoms in total. The SMILES string of the molecule is O=C1Nc2cc(Cl)ccc2SC1CC(=O)N1CCN(C(=O)c2ccc(F)cc2Cl)CC1. The number of nitrogens with one attached hydrogen (secondary N) is 1. The van der Waals surface area contributed by atoms with Gasteiger partial charge in [0, 0.05) is 42.5 Å². The maximum absolute atomic E-state index is 13.2. The number of hydrogen-bond acceptors (Lipinski definition) is 4. The Morgan fingerprint density at radius 2 is 1.77 bits per heavy atom. The van der Waals surface area contributed by atoms with Crippen molar-refractivity contribution in [3.05, 3.63) is 57.8 Å². The molecule has 0 saturated carbocycles. The Morgan fingerprint density at radius 3 is 2.48 bits per heavy atom. The van der Waals surface area contributed by atoms with Gasteiger partial charge >= 0.3 is 0 Å². The van der Waals surface area contributed by atoms with Crippen molar-refractivity contribution in [1.29, 1.82) is 0 Å². The fraction of sp³-hybridized carbons (Fsp3) is 0.286. The summed E-state index contributed by atoms with van der Waals surface area (Å²) in [6.07, 6.45) is 0.0658. The van der Waals surface area contributed by atoms with E-state index in [-0.39, 0.29) is 34.7 Å². The van der Waals surface area contributed by atoms with Crippen LogP contribution in [0, 0.1) is 5.82 Å². The summed E-state index contributed by atoms with van der Waals surface area (Å²) in [7, 11) is 0. The molecule has 2 heterocycles. The molecule has 10 heteroatoms. The highest BCUT2D eigenvalue weighted by Crippen LogP contribution is 2.38. The standard InChI is InChI=1S/C21H18Cl2FN3O3S/c22-12-1-4-17-16(9-12)25-20(29)18(31-17)11-19(28)26-5-7-27(8-6-26)21(30)14-3-2-13(24)10-15(14)23/h1-4,9-10,18H,5-8,11H2,(H,25,29). The van der Waals surface area contributed by atoms with Crippen molar-refractivity contribution in [3.8, 4) is 0 Å². The summed E-state index contributed by atoms with van der Waals surface area (Å²) in [5, 5.41) is 2.86. The van der Waals surface area contributed by atoms with E-state index >= 15 is 0 Å². The van der Waals surface area contributed by atoms with Crippen molar-refractivity contribution in [2.75, 3.05) is 31.5 Å². The number of anilines is 1. The zero-order valence-corrected chi connectivity index (χ0v) is 18.6. The minimum atomic E-state index is -0.529.